The minimum atomic E-state index is -0.387. The van der Waals surface area contributed by atoms with Crippen LogP contribution in [0.25, 0.3) is 0 Å². The fraction of sp³-hybridized carbons (Fsp3) is 0.0769. The summed E-state index contributed by atoms with van der Waals surface area (Å²) in [7, 11) is 0. The Morgan fingerprint density at radius 1 is 1.11 bits per heavy atom. The molecule has 2 N–H and O–H groups in total. The van der Waals surface area contributed by atoms with Gasteiger partial charge in [-0.05, 0) is 51.3 Å². The van der Waals surface area contributed by atoms with Gasteiger partial charge in [0.2, 0.25) is 0 Å². The van der Waals surface area contributed by atoms with E-state index in [2.05, 4.69) is 31.9 Å². The van der Waals surface area contributed by atoms with Gasteiger partial charge >= 0.3 is 0 Å². The lowest BCUT2D eigenvalue weighted by Gasteiger charge is -2.15. The average Bonchev–Trinajstić information content (AvgIpc) is 2.32. The molecule has 0 aromatic heterocycles. The summed E-state index contributed by atoms with van der Waals surface area (Å²) in [5, 5.41) is 0.581. The van der Waals surface area contributed by atoms with Crippen LogP contribution in [0.1, 0.15) is 17.2 Å². The second-order valence-corrected chi connectivity index (χ2v) is 5.99. The van der Waals surface area contributed by atoms with Crippen molar-refractivity contribution in [1.82, 2.24) is 0 Å². The van der Waals surface area contributed by atoms with Gasteiger partial charge in [-0.3, -0.25) is 0 Å². The Balaban J connectivity index is 2.41. The molecule has 1 nitrogen and oxygen atoms in total. The average molecular weight is 393 g/mol. The van der Waals surface area contributed by atoms with Crippen LogP contribution in [0.2, 0.25) is 5.02 Å². The SMILES string of the molecule is NC(c1ccc(F)c(Br)c1)c1ccc(Br)cc1Cl. The molecule has 94 valence electrons. The van der Waals surface area contributed by atoms with Crippen LogP contribution in [0.4, 0.5) is 4.39 Å². The van der Waals surface area contributed by atoms with Crippen LogP contribution in [0.3, 0.4) is 0 Å². The Morgan fingerprint density at radius 2 is 1.83 bits per heavy atom. The Hall–Kier alpha value is -0.420. The van der Waals surface area contributed by atoms with E-state index in [1.807, 2.05) is 12.1 Å². The first-order chi connectivity index (χ1) is 8.49. The van der Waals surface area contributed by atoms with Crippen molar-refractivity contribution in [1.29, 1.82) is 0 Å². The predicted octanol–water partition coefficient (Wildman–Crippen LogP) is 5.05. The highest BCUT2D eigenvalue weighted by molar-refractivity contribution is 9.10. The third kappa shape index (κ3) is 2.94. The summed E-state index contributed by atoms with van der Waals surface area (Å²) < 4.78 is 14.5. The lowest BCUT2D eigenvalue weighted by Crippen LogP contribution is -2.12. The molecule has 2 rings (SSSR count). The monoisotopic (exact) mass is 391 g/mol. The normalized spacial score (nSPS) is 12.5. The van der Waals surface area contributed by atoms with Gasteiger partial charge < -0.3 is 5.73 Å². The van der Waals surface area contributed by atoms with Gasteiger partial charge in [-0.25, -0.2) is 4.39 Å². The van der Waals surface area contributed by atoms with Crippen molar-refractivity contribution in [3.63, 3.8) is 0 Å². The smallest absolute Gasteiger partial charge is 0.137 e. The molecule has 0 fully saturated rings. The molecule has 0 spiro atoms. The summed E-state index contributed by atoms with van der Waals surface area (Å²) in [4.78, 5) is 0. The fourth-order valence-corrected chi connectivity index (χ4v) is 2.83. The van der Waals surface area contributed by atoms with E-state index >= 15 is 0 Å². The maximum absolute atomic E-state index is 13.2. The summed E-state index contributed by atoms with van der Waals surface area (Å²) >= 11 is 12.6. The van der Waals surface area contributed by atoms with Crippen molar-refractivity contribution in [2.75, 3.05) is 0 Å². The van der Waals surface area contributed by atoms with Crippen LogP contribution in [0.15, 0.2) is 45.3 Å². The van der Waals surface area contributed by atoms with Crippen molar-refractivity contribution >= 4 is 43.5 Å². The highest BCUT2D eigenvalue weighted by atomic mass is 79.9. The molecule has 0 radical (unpaired) electrons. The predicted molar refractivity (Wildman–Crippen MR) is 79.3 cm³/mol. The van der Waals surface area contributed by atoms with E-state index in [-0.39, 0.29) is 11.9 Å². The van der Waals surface area contributed by atoms with Crippen LogP contribution in [-0.4, -0.2) is 0 Å². The molecule has 0 amide bonds. The molecular formula is C13H9Br2ClFN. The van der Waals surface area contributed by atoms with E-state index in [1.165, 1.54) is 6.07 Å². The molecular weight excluding hydrogens is 384 g/mol. The van der Waals surface area contributed by atoms with Crippen molar-refractivity contribution in [3.8, 4) is 0 Å². The number of hydrogen-bond donors (Lipinski definition) is 1. The number of rotatable bonds is 2. The number of halogens is 4. The van der Waals surface area contributed by atoms with Crippen molar-refractivity contribution in [2.24, 2.45) is 5.73 Å². The first-order valence-electron chi connectivity index (χ1n) is 5.14. The third-order valence-corrected chi connectivity index (χ3v) is 4.03. The Kier molecular flexibility index (Phi) is 4.43. The van der Waals surface area contributed by atoms with E-state index in [1.54, 1.807) is 18.2 Å². The van der Waals surface area contributed by atoms with Crippen LogP contribution in [0.5, 0.6) is 0 Å². The molecule has 5 heteroatoms. The summed E-state index contributed by atoms with van der Waals surface area (Å²) in [6.45, 7) is 0. The van der Waals surface area contributed by atoms with Crippen LogP contribution in [-0.2, 0) is 0 Å². The zero-order valence-corrected chi connectivity index (χ0v) is 13.1. The second kappa shape index (κ2) is 5.70. The minimum Gasteiger partial charge on any atom is -0.320 e. The quantitative estimate of drug-likeness (QED) is 0.759. The summed E-state index contributed by atoms with van der Waals surface area (Å²) in [5.74, 6) is -0.312. The maximum Gasteiger partial charge on any atom is 0.137 e. The molecule has 0 aliphatic heterocycles. The first kappa shape index (κ1) is 14.0. The Morgan fingerprint density at radius 3 is 2.44 bits per heavy atom. The second-order valence-electron chi connectivity index (χ2n) is 3.82. The van der Waals surface area contributed by atoms with Crippen LogP contribution in [0, 0.1) is 5.82 Å². The van der Waals surface area contributed by atoms with Crippen molar-refractivity contribution in [3.05, 3.63) is 67.3 Å². The molecule has 2 aromatic carbocycles. The highest BCUT2D eigenvalue weighted by Gasteiger charge is 2.14. The van der Waals surface area contributed by atoms with Crippen LogP contribution < -0.4 is 5.73 Å². The molecule has 0 aliphatic rings. The van der Waals surface area contributed by atoms with Crippen molar-refractivity contribution < 1.29 is 4.39 Å². The molecule has 1 atom stereocenters. The molecule has 0 heterocycles. The van der Waals surface area contributed by atoms with E-state index in [0.717, 1.165) is 15.6 Å². The van der Waals surface area contributed by atoms with E-state index in [9.17, 15) is 4.39 Å². The molecule has 1 unspecified atom stereocenters. The summed E-state index contributed by atoms with van der Waals surface area (Å²) in [6.07, 6.45) is 0. The Labute approximate surface area is 126 Å². The van der Waals surface area contributed by atoms with E-state index < -0.39 is 0 Å². The largest absolute Gasteiger partial charge is 0.320 e. The van der Waals surface area contributed by atoms with Gasteiger partial charge in [0.25, 0.3) is 0 Å². The maximum atomic E-state index is 13.2. The van der Waals surface area contributed by atoms with Gasteiger partial charge in [-0.15, -0.1) is 0 Å². The van der Waals surface area contributed by atoms with Gasteiger partial charge in [-0.2, -0.15) is 0 Å². The number of nitrogens with two attached hydrogens (primary N) is 1. The number of benzene rings is 2. The molecule has 0 saturated heterocycles. The zero-order chi connectivity index (χ0) is 13.3. The topological polar surface area (TPSA) is 26.0 Å². The third-order valence-electron chi connectivity index (χ3n) is 2.60. The van der Waals surface area contributed by atoms with Gasteiger partial charge in [0.1, 0.15) is 5.82 Å². The van der Waals surface area contributed by atoms with Crippen LogP contribution >= 0.6 is 43.5 Å². The lowest BCUT2D eigenvalue weighted by molar-refractivity contribution is 0.619. The molecule has 2 aromatic rings. The number of hydrogen-bond acceptors (Lipinski definition) is 1. The van der Waals surface area contributed by atoms with Crippen molar-refractivity contribution in [2.45, 2.75) is 6.04 Å². The Bertz CT molecular complexity index is 589. The molecule has 18 heavy (non-hydrogen) atoms. The summed E-state index contributed by atoms with van der Waals surface area (Å²) in [5.41, 5.74) is 7.75. The zero-order valence-electron chi connectivity index (χ0n) is 9.13. The van der Waals surface area contributed by atoms with Gasteiger partial charge in [0.15, 0.2) is 0 Å². The molecule has 0 bridgehead atoms. The molecule has 0 saturated carbocycles. The minimum absolute atomic E-state index is 0.312. The standard InChI is InChI=1S/C13H9Br2ClFN/c14-8-2-3-9(11(16)6-8)13(18)7-1-4-12(17)10(15)5-7/h1-6,13H,18H2. The molecule has 0 aliphatic carbocycles. The fourth-order valence-electron chi connectivity index (χ4n) is 1.64. The first-order valence-corrected chi connectivity index (χ1v) is 7.11. The highest BCUT2D eigenvalue weighted by Crippen LogP contribution is 2.30. The lowest BCUT2D eigenvalue weighted by atomic mass is 10.00. The van der Waals surface area contributed by atoms with E-state index in [4.69, 9.17) is 17.3 Å². The van der Waals surface area contributed by atoms with E-state index in [0.29, 0.717) is 9.50 Å². The van der Waals surface area contributed by atoms with Gasteiger partial charge in [0.05, 0.1) is 10.5 Å². The van der Waals surface area contributed by atoms with Gasteiger partial charge in [0, 0.05) is 9.50 Å². The summed E-state index contributed by atoms with van der Waals surface area (Å²) in [6, 6.07) is 9.83. The van der Waals surface area contributed by atoms with Gasteiger partial charge in [-0.1, -0.05) is 39.7 Å².